The minimum absolute atomic E-state index is 0.0629. The first-order valence-corrected chi connectivity index (χ1v) is 5.08. The minimum Gasteiger partial charge on any atom is -0.486 e. The first-order valence-electron chi connectivity index (χ1n) is 5.08. The molecule has 6 heteroatoms. The third kappa shape index (κ3) is 2.31. The highest BCUT2D eigenvalue weighted by atomic mass is 19.4. The van der Waals surface area contributed by atoms with E-state index in [-0.39, 0.29) is 30.3 Å². The molecule has 1 aromatic carbocycles. The van der Waals surface area contributed by atoms with Crippen LogP contribution in [0.4, 0.5) is 13.2 Å². The molecule has 0 radical (unpaired) electrons. The third-order valence-electron chi connectivity index (χ3n) is 2.47. The van der Waals surface area contributed by atoms with Gasteiger partial charge in [0.25, 0.3) is 0 Å². The van der Waals surface area contributed by atoms with Crippen molar-refractivity contribution in [1.29, 1.82) is 0 Å². The Kier molecular flexibility index (Phi) is 2.91. The Morgan fingerprint density at radius 3 is 2.18 bits per heavy atom. The fourth-order valence-corrected chi connectivity index (χ4v) is 1.70. The number of alkyl halides is 3. The van der Waals surface area contributed by atoms with Crippen LogP contribution in [0.25, 0.3) is 0 Å². The highest BCUT2D eigenvalue weighted by molar-refractivity contribution is 5.49. The Morgan fingerprint density at radius 2 is 1.71 bits per heavy atom. The van der Waals surface area contributed by atoms with Crippen LogP contribution in [0.2, 0.25) is 0 Å². The molecule has 1 atom stereocenters. The van der Waals surface area contributed by atoms with Crippen LogP contribution in [0.1, 0.15) is 24.2 Å². The van der Waals surface area contributed by atoms with Crippen LogP contribution in [0, 0.1) is 0 Å². The van der Waals surface area contributed by atoms with Crippen molar-refractivity contribution in [2.45, 2.75) is 19.2 Å². The van der Waals surface area contributed by atoms with Crippen LogP contribution < -0.4 is 9.47 Å². The molecule has 2 rings (SSSR count). The van der Waals surface area contributed by atoms with Crippen LogP contribution in [-0.4, -0.2) is 18.3 Å². The van der Waals surface area contributed by atoms with Crippen molar-refractivity contribution >= 4 is 0 Å². The maximum Gasteiger partial charge on any atom is 0.416 e. The molecular formula is C11H11F3O3. The average molecular weight is 248 g/mol. The lowest BCUT2D eigenvalue weighted by atomic mass is 10.0. The number of benzene rings is 1. The number of halogens is 3. The zero-order valence-electron chi connectivity index (χ0n) is 9.04. The SMILES string of the molecule is CC(O)c1cc2c(cc1C(F)(F)F)OCCO2. The lowest BCUT2D eigenvalue weighted by Gasteiger charge is -2.22. The molecule has 0 saturated heterocycles. The summed E-state index contributed by atoms with van der Waals surface area (Å²) in [7, 11) is 0. The van der Waals surface area contributed by atoms with Crippen molar-refractivity contribution in [1.82, 2.24) is 0 Å². The van der Waals surface area contributed by atoms with Gasteiger partial charge in [0, 0.05) is 0 Å². The Labute approximate surface area is 95.8 Å². The molecule has 0 amide bonds. The molecule has 0 aromatic heterocycles. The van der Waals surface area contributed by atoms with Crippen LogP contribution in [0.5, 0.6) is 11.5 Å². The second-order valence-corrected chi connectivity index (χ2v) is 3.76. The normalized spacial score (nSPS) is 16.8. The molecule has 1 aliphatic rings. The Hall–Kier alpha value is -1.43. The number of hydrogen-bond acceptors (Lipinski definition) is 3. The summed E-state index contributed by atoms with van der Waals surface area (Å²) in [4.78, 5) is 0. The predicted molar refractivity (Wildman–Crippen MR) is 53.1 cm³/mol. The van der Waals surface area contributed by atoms with Crippen LogP contribution >= 0.6 is 0 Å². The van der Waals surface area contributed by atoms with E-state index in [0.717, 1.165) is 6.07 Å². The molecule has 1 unspecified atom stereocenters. The monoisotopic (exact) mass is 248 g/mol. The first-order chi connectivity index (χ1) is 7.89. The van der Waals surface area contributed by atoms with Crippen molar-refractivity contribution in [3.8, 4) is 11.5 Å². The molecule has 0 spiro atoms. The molecule has 1 N–H and O–H groups in total. The van der Waals surface area contributed by atoms with E-state index in [1.807, 2.05) is 0 Å². The van der Waals surface area contributed by atoms with E-state index in [1.165, 1.54) is 13.0 Å². The zero-order valence-corrected chi connectivity index (χ0v) is 9.04. The van der Waals surface area contributed by atoms with Gasteiger partial charge in [-0.1, -0.05) is 0 Å². The standard InChI is InChI=1S/C11H11F3O3/c1-6(15)7-4-9-10(17-3-2-16-9)5-8(7)11(12,13)14/h4-6,15H,2-3H2,1H3. The van der Waals surface area contributed by atoms with Crippen molar-refractivity contribution in [2.75, 3.05) is 13.2 Å². The number of rotatable bonds is 1. The van der Waals surface area contributed by atoms with Gasteiger partial charge in [-0.05, 0) is 24.6 Å². The van der Waals surface area contributed by atoms with Crippen LogP contribution in [-0.2, 0) is 6.18 Å². The molecule has 0 aliphatic carbocycles. The Bertz CT molecular complexity index is 427. The third-order valence-corrected chi connectivity index (χ3v) is 2.47. The maximum absolute atomic E-state index is 12.8. The number of hydrogen-bond donors (Lipinski definition) is 1. The molecule has 0 fully saturated rings. The van der Waals surface area contributed by atoms with Crippen molar-refractivity contribution in [3.05, 3.63) is 23.3 Å². The van der Waals surface area contributed by atoms with Gasteiger partial charge in [0.05, 0.1) is 11.7 Å². The van der Waals surface area contributed by atoms with E-state index in [1.54, 1.807) is 0 Å². The summed E-state index contributed by atoms with van der Waals surface area (Å²) >= 11 is 0. The van der Waals surface area contributed by atoms with E-state index in [2.05, 4.69) is 0 Å². The van der Waals surface area contributed by atoms with Gasteiger partial charge in [-0.25, -0.2) is 0 Å². The predicted octanol–water partition coefficient (Wildman–Crippen LogP) is 2.53. The number of fused-ring (bicyclic) bond motifs is 1. The number of ether oxygens (including phenoxy) is 2. The fraction of sp³-hybridized carbons (Fsp3) is 0.455. The fourth-order valence-electron chi connectivity index (χ4n) is 1.70. The first kappa shape index (κ1) is 12.0. The van der Waals surface area contributed by atoms with E-state index >= 15 is 0 Å². The molecule has 1 aliphatic heterocycles. The summed E-state index contributed by atoms with van der Waals surface area (Å²) in [6.07, 6.45) is -5.75. The van der Waals surface area contributed by atoms with Gasteiger partial charge in [-0.15, -0.1) is 0 Å². The summed E-state index contributed by atoms with van der Waals surface area (Å²) in [5.74, 6) is 0.299. The Morgan fingerprint density at radius 1 is 1.18 bits per heavy atom. The second kappa shape index (κ2) is 4.10. The highest BCUT2D eigenvalue weighted by Gasteiger charge is 2.36. The van der Waals surface area contributed by atoms with Gasteiger partial charge >= 0.3 is 6.18 Å². The van der Waals surface area contributed by atoms with Gasteiger partial charge in [-0.2, -0.15) is 13.2 Å². The van der Waals surface area contributed by atoms with Crippen LogP contribution in [0.3, 0.4) is 0 Å². The Balaban J connectivity index is 2.56. The summed E-state index contributed by atoms with van der Waals surface area (Å²) in [5, 5.41) is 9.37. The molecule has 1 heterocycles. The summed E-state index contributed by atoms with van der Waals surface area (Å²) < 4.78 is 48.6. The van der Waals surface area contributed by atoms with Crippen molar-refractivity contribution < 1.29 is 27.8 Å². The quantitative estimate of drug-likeness (QED) is 0.830. The molecule has 94 valence electrons. The van der Waals surface area contributed by atoms with E-state index in [9.17, 15) is 18.3 Å². The van der Waals surface area contributed by atoms with E-state index in [4.69, 9.17) is 9.47 Å². The second-order valence-electron chi connectivity index (χ2n) is 3.76. The number of aliphatic hydroxyl groups excluding tert-OH is 1. The summed E-state index contributed by atoms with van der Waals surface area (Å²) in [5.41, 5.74) is -1.10. The molecule has 0 bridgehead atoms. The van der Waals surface area contributed by atoms with E-state index < -0.39 is 17.8 Å². The highest BCUT2D eigenvalue weighted by Crippen LogP contribution is 2.42. The largest absolute Gasteiger partial charge is 0.486 e. The van der Waals surface area contributed by atoms with Gasteiger partial charge in [0.1, 0.15) is 13.2 Å². The zero-order chi connectivity index (χ0) is 12.6. The average Bonchev–Trinajstić information content (AvgIpc) is 2.26. The number of aliphatic hydroxyl groups is 1. The van der Waals surface area contributed by atoms with Gasteiger partial charge < -0.3 is 14.6 Å². The maximum atomic E-state index is 12.8. The molecule has 3 nitrogen and oxygen atoms in total. The minimum atomic E-state index is -4.53. The van der Waals surface area contributed by atoms with Crippen molar-refractivity contribution in [3.63, 3.8) is 0 Å². The van der Waals surface area contributed by atoms with Crippen LogP contribution in [0.15, 0.2) is 12.1 Å². The van der Waals surface area contributed by atoms with Gasteiger partial charge in [0.15, 0.2) is 11.5 Å². The van der Waals surface area contributed by atoms with Crippen molar-refractivity contribution in [2.24, 2.45) is 0 Å². The lowest BCUT2D eigenvalue weighted by Crippen LogP contribution is -2.18. The molecule has 1 aromatic rings. The van der Waals surface area contributed by atoms with E-state index in [0.29, 0.717) is 0 Å². The molecule has 17 heavy (non-hydrogen) atoms. The lowest BCUT2D eigenvalue weighted by molar-refractivity contribution is -0.139. The van der Waals surface area contributed by atoms with Gasteiger partial charge in [-0.3, -0.25) is 0 Å². The molecule has 0 saturated carbocycles. The van der Waals surface area contributed by atoms with Gasteiger partial charge in [0.2, 0.25) is 0 Å². The smallest absolute Gasteiger partial charge is 0.416 e. The topological polar surface area (TPSA) is 38.7 Å². The summed E-state index contributed by atoms with van der Waals surface area (Å²) in [6, 6.07) is 2.05. The molecular weight excluding hydrogens is 237 g/mol. The summed E-state index contributed by atoms with van der Waals surface area (Å²) in [6.45, 7) is 1.79.